The Bertz CT molecular complexity index is 337. The second-order valence-corrected chi connectivity index (χ2v) is 5.67. The summed E-state index contributed by atoms with van der Waals surface area (Å²) in [6.07, 6.45) is 2.87. The molecule has 0 aromatic heterocycles. The van der Waals surface area contributed by atoms with Gasteiger partial charge in [-0.15, -0.1) is 0 Å². The van der Waals surface area contributed by atoms with E-state index in [0.717, 1.165) is 12.2 Å². The van der Waals surface area contributed by atoms with Gasteiger partial charge in [-0.1, -0.05) is 0 Å². The molecule has 5 heteroatoms. The van der Waals surface area contributed by atoms with Crippen molar-refractivity contribution in [3.63, 3.8) is 0 Å². The number of hydrogen-bond acceptors (Lipinski definition) is 3. The Hall–Kier alpha value is -0.550. The fourth-order valence-electron chi connectivity index (χ4n) is 1.17. The van der Waals surface area contributed by atoms with Gasteiger partial charge in [-0.2, -0.15) is 11.8 Å². The highest BCUT2D eigenvalue weighted by Crippen LogP contribution is 2.15. The summed E-state index contributed by atoms with van der Waals surface area (Å²) in [6.45, 7) is 0. The van der Waals surface area contributed by atoms with Crippen molar-refractivity contribution in [1.82, 2.24) is 0 Å². The van der Waals surface area contributed by atoms with Gasteiger partial charge in [0.25, 0.3) is 0 Å². The van der Waals surface area contributed by atoms with E-state index in [1.807, 2.05) is 6.26 Å². The summed E-state index contributed by atoms with van der Waals surface area (Å²) < 4.78 is 24.7. The molecular formula is C10H14FNOS2. The molecule has 0 saturated heterocycles. The number of nitrogen functional groups attached to an aromatic ring is 1. The van der Waals surface area contributed by atoms with Crippen molar-refractivity contribution in [3.8, 4) is 0 Å². The first-order chi connectivity index (χ1) is 7.13. The van der Waals surface area contributed by atoms with Crippen LogP contribution in [0.4, 0.5) is 10.1 Å². The molecule has 0 bridgehead atoms. The fraction of sp³-hybridized carbons (Fsp3) is 0.400. The third kappa shape index (κ3) is 4.22. The molecule has 1 aromatic rings. The maximum absolute atomic E-state index is 13.0. The van der Waals surface area contributed by atoms with E-state index >= 15 is 0 Å². The van der Waals surface area contributed by atoms with Crippen molar-refractivity contribution >= 4 is 28.2 Å². The van der Waals surface area contributed by atoms with Crippen molar-refractivity contribution in [1.29, 1.82) is 0 Å². The lowest BCUT2D eigenvalue weighted by atomic mass is 10.3. The zero-order valence-corrected chi connectivity index (χ0v) is 10.2. The Balaban J connectivity index is 2.65. The summed E-state index contributed by atoms with van der Waals surface area (Å²) in [5.41, 5.74) is 5.80. The van der Waals surface area contributed by atoms with Crippen LogP contribution in [0.2, 0.25) is 0 Å². The monoisotopic (exact) mass is 247 g/mol. The summed E-state index contributed by atoms with van der Waals surface area (Å²) in [7, 11) is -1.14. The van der Waals surface area contributed by atoms with Crippen LogP contribution >= 0.6 is 11.8 Å². The minimum Gasteiger partial charge on any atom is -0.399 e. The van der Waals surface area contributed by atoms with E-state index in [9.17, 15) is 8.60 Å². The second-order valence-electron chi connectivity index (χ2n) is 3.12. The lowest BCUT2D eigenvalue weighted by Crippen LogP contribution is -2.01. The van der Waals surface area contributed by atoms with Gasteiger partial charge in [-0.3, -0.25) is 4.21 Å². The standard InChI is InChI=1S/C10H14FNOS2/c1-14-3-2-4-15(13)10-6-8(11)5-9(12)7-10/h5-7H,2-4,12H2,1H3. The van der Waals surface area contributed by atoms with Gasteiger partial charge in [0, 0.05) is 16.3 Å². The molecule has 0 aliphatic carbocycles. The van der Waals surface area contributed by atoms with Crippen LogP contribution in [-0.2, 0) is 10.8 Å². The van der Waals surface area contributed by atoms with E-state index in [0.29, 0.717) is 16.3 Å². The van der Waals surface area contributed by atoms with Gasteiger partial charge in [0.2, 0.25) is 0 Å². The van der Waals surface area contributed by atoms with Crippen LogP contribution in [0.5, 0.6) is 0 Å². The number of thioether (sulfide) groups is 1. The van der Waals surface area contributed by atoms with E-state index in [1.54, 1.807) is 17.8 Å². The normalized spacial score (nSPS) is 12.7. The minimum atomic E-state index is -1.14. The Morgan fingerprint density at radius 1 is 1.47 bits per heavy atom. The average Bonchev–Trinajstić information content (AvgIpc) is 2.16. The van der Waals surface area contributed by atoms with Gasteiger partial charge < -0.3 is 5.73 Å². The molecular weight excluding hydrogens is 233 g/mol. The van der Waals surface area contributed by atoms with Crippen LogP contribution < -0.4 is 5.73 Å². The second kappa shape index (κ2) is 6.12. The molecule has 0 aliphatic heterocycles. The average molecular weight is 247 g/mol. The number of nitrogens with two attached hydrogens (primary N) is 1. The lowest BCUT2D eigenvalue weighted by Gasteiger charge is -2.03. The van der Waals surface area contributed by atoms with E-state index in [-0.39, 0.29) is 0 Å². The molecule has 0 fully saturated rings. The molecule has 0 aliphatic rings. The maximum atomic E-state index is 13.0. The highest BCUT2D eigenvalue weighted by atomic mass is 32.2. The van der Waals surface area contributed by atoms with Gasteiger partial charge in [0.05, 0.1) is 10.8 Å². The van der Waals surface area contributed by atoms with Crippen LogP contribution in [0.15, 0.2) is 23.1 Å². The highest BCUT2D eigenvalue weighted by molar-refractivity contribution is 7.98. The molecule has 2 nitrogen and oxygen atoms in total. The number of benzene rings is 1. The van der Waals surface area contributed by atoms with E-state index in [4.69, 9.17) is 5.73 Å². The Morgan fingerprint density at radius 3 is 2.80 bits per heavy atom. The molecule has 0 radical (unpaired) electrons. The Labute approximate surface area is 95.9 Å². The van der Waals surface area contributed by atoms with Crippen LogP contribution in [0, 0.1) is 5.82 Å². The van der Waals surface area contributed by atoms with Crippen LogP contribution in [0.1, 0.15) is 6.42 Å². The number of rotatable bonds is 5. The third-order valence-corrected chi connectivity index (χ3v) is 3.95. The smallest absolute Gasteiger partial charge is 0.126 e. The maximum Gasteiger partial charge on any atom is 0.126 e. The molecule has 0 spiro atoms. The first-order valence-corrected chi connectivity index (χ1v) is 7.28. The first kappa shape index (κ1) is 12.5. The summed E-state index contributed by atoms with van der Waals surface area (Å²) >= 11 is 1.71. The number of anilines is 1. The molecule has 1 aromatic carbocycles. The van der Waals surface area contributed by atoms with Crippen molar-refractivity contribution in [3.05, 3.63) is 24.0 Å². The van der Waals surface area contributed by atoms with Gasteiger partial charge in [0.15, 0.2) is 0 Å². The molecule has 0 saturated carbocycles. The summed E-state index contributed by atoms with van der Waals surface area (Å²) in [6, 6.07) is 4.08. The van der Waals surface area contributed by atoms with Gasteiger partial charge in [-0.05, 0) is 36.6 Å². The summed E-state index contributed by atoms with van der Waals surface area (Å²) in [5.74, 6) is 1.10. The van der Waals surface area contributed by atoms with E-state index in [2.05, 4.69) is 0 Å². The van der Waals surface area contributed by atoms with Crippen molar-refractivity contribution < 1.29 is 8.60 Å². The fourth-order valence-corrected chi connectivity index (χ4v) is 2.94. The van der Waals surface area contributed by atoms with Gasteiger partial charge in [0.1, 0.15) is 5.82 Å². The summed E-state index contributed by atoms with van der Waals surface area (Å²) in [5, 5.41) is 0. The zero-order valence-electron chi connectivity index (χ0n) is 8.53. The number of halogens is 1. The third-order valence-electron chi connectivity index (χ3n) is 1.83. The molecule has 84 valence electrons. The Kier molecular flexibility index (Phi) is 5.11. The van der Waals surface area contributed by atoms with Gasteiger partial charge in [-0.25, -0.2) is 4.39 Å². The topological polar surface area (TPSA) is 43.1 Å². The molecule has 0 amide bonds. The minimum absolute atomic E-state index is 0.322. The molecule has 1 unspecified atom stereocenters. The largest absolute Gasteiger partial charge is 0.399 e. The lowest BCUT2D eigenvalue weighted by molar-refractivity contribution is 0.623. The van der Waals surface area contributed by atoms with E-state index < -0.39 is 16.6 Å². The molecule has 15 heavy (non-hydrogen) atoms. The summed E-state index contributed by atoms with van der Waals surface area (Å²) in [4.78, 5) is 0.480. The predicted molar refractivity (Wildman–Crippen MR) is 65.1 cm³/mol. The van der Waals surface area contributed by atoms with Crippen LogP contribution in [0.3, 0.4) is 0 Å². The SMILES string of the molecule is CSCCCS(=O)c1cc(N)cc(F)c1. The van der Waals surface area contributed by atoms with Crippen molar-refractivity contribution in [2.75, 3.05) is 23.5 Å². The van der Waals surface area contributed by atoms with Crippen LogP contribution in [-0.4, -0.2) is 22.0 Å². The molecule has 1 rings (SSSR count). The first-order valence-electron chi connectivity index (χ1n) is 4.57. The molecule has 2 N–H and O–H groups in total. The van der Waals surface area contributed by atoms with Gasteiger partial charge >= 0.3 is 0 Å². The van der Waals surface area contributed by atoms with E-state index in [1.165, 1.54) is 12.1 Å². The number of hydrogen-bond donors (Lipinski definition) is 1. The van der Waals surface area contributed by atoms with Crippen LogP contribution in [0.25, 0.3) is 0 Å². The van der Waals surface area contributed by atoms with Crippen molar-refractivity contribution in [2.24, 2.45) is 0 Å². The molecule has 1 atom stereocenters. The quantitative estimate of drug-likeness (QED) is 0.641. The van der Waals surface area contributed by atoms with Crippen molar-refractivity contribution in [2.45, 2.75) is 11.3 Å². The molecule has 0 heterocycles. The highest BCUT2D eigenvalue weighted by Gasteiger charge is 2.06. The predicted octanol–water partition coefficient (Wildman–Crippen LogP) is 2.27. The Morgan fingerprint density at radius 2 is 2.20 bits per heavy atom. The zero-order chi connectivity index (χ0) is 11.3.